The van der Waals surface area contributed by atoms with E-state index in [1.165, 1.54) is 77.9 Å². The number of likely N-dealkylation sites (N-methyl/N-ethyl adjacent to an activating group) is 3. The number of amides is 6. The van der Waals surface area contributed by atoms with Crippen LogP contribution in [-0.2, 0) is 323 Å². The number of sulfonamides is 1. The molecule has 13 aliphatic heterocycles. The van der Waals surface area contributed by atoms with Crippen molar-refractivity contribution in [3.63, 3.8) is 0 Å². The van der Waals surface area contributed by atoms with Crippen LogP contribution in [0.25, 0.3) is 0 Å². The van der Waals surface area contributed by atoms with Crippen LogP contribution in [0, 0.1) is 0 Å². The fourth-order valence-electron chi connectivity index (χ4n) is 18.9. The van der Waals surface area contributed by atoms with Crippen molar-refractivity contribution in [3.8, 4) is 0 Å². The summed E-state index contributed by atoms with van der Waals surface area (Å²) in [5.41, 5.74) is 1.21. The van der Waals surface area contributed by atoms with E-state index in [2.05, 4.69) is 72.2 Å². The van der Waals surface area contributed by atoms with Crippen molar-refractivity contribution in [1.82, 2.24) is 29.4 Å². The quantitative estimate of drug-likeness (QED) is 0.121. The number of carbonyl (C=O) groups excluding carboxylic acids is 7. The molecule has 6 aromatic rings. The Labute approximate surface area is 879 Å². The lowest BCUT2D eigenvalue weighted by molar-refractivity contribution is -0.224. The molecule has 0 aromatic heterocycles. The Bertz CT molecular complexity index is 6910. The zero-order valence-corrected chi connectivity index (χ0v) is 98.8. The van der Waals surface area contributed by atoms with Crippen molar-refractivity contribution in [2.45, 2.75) is 170 Å². The van der Waals surface area contributed by atoms with Crippen molar-refractivity contribution < 1.29 is 69.0 Å². The molecule has 10 saturated heterocycles. The van der Waals surface area contributed by atoms with E-state index in [0.29, 0.717) is 40.5 Å². The van der Waals surface area contributed by atoms with Crippen LogP contribution in [0.15, 0.2) is 169 Å². The molecule has 133 heavy (non-hydrogen) atoms. The topological polar surface area (TPSA) is 292 Å². The molecule has 12 unspecified atom stereocenters. The van der Waals surface area contributed by atoms with Gasteiger partial charge in [0.25, 0.3) is 49.9 Å². The Morgan fingerprint density at radius 1 is 0.376 bits per heavy atom. The molecule has 12 atom stereocenters. The Balaban J connectivity index is 0.000000157. The van der Waals surface area contributed by atoms with Crippen LogP contribution in [0.1, 0.15) is 116 Å². The standard InChI is InChI=1S/C25H25N3O3S2.C25H25N3O2S3.C24H27N3O6S.2O2S.S27/c2*1-4-14-24-15-25-21(30)26(3)23(2,32-22(31)33-25)20(29)28(25)19(24)27(16-10-6-5-7-11-16)18-13-9-8-12-17(18)24;1-4-14-23-15-24(31)21(29)25(3)22(2,30)20(28)26(24)19(23)27(18-13-9-8-12-17(18)23)34(32,33)16-10-6-5-7-11-16;2*1-3-2;1-3-5-7-9-11-13-15-17-19-21-23-25-27-26-24-22-20-18-16-14-12-10-8-6-4-2/h2*5-13,19H,4,14-15H2,1-3H3;5-13,19,30-31H,4,14-15H2,1-3H3;;;. The van der Waals surface area contributed by atoms with Crippen molar-refractivity contribution in [2.24, 2.45) is 0 Å². The number of nitrogens with zero attached hydrogens (tertiary/aromatic N) is 9. The smallest absolute Gasteiger partial charge is 0.335 e. The van der Waals surface area contributed by atoms with Gasteiger partial charge in [0.1, 0.15) is 22.0 Å². The summed E-state index contributed by atoms with van der Waals surface area (Å²) >= 11 is 18.6. The number of rotatable bonds is 10. The van der Waals surface area contributed by atoms with Crippen LogP contribution in [0.5, 0.6) is 0 Å². The maximum absolute atomic E-state index is 14.3. The number of anilines is 5. The minimum absolute atomic E-state index is 0.0164. The summed E-state index contributed by atoms with van der Waals surface area (Å²) in [5, 5.41) is 22.6. The Morgan fingerprint density at radius 2 is 0.692 bits per heavy atom. The number of piperazine rings is 3. The van der Waals surface area contributed by atoms with E-state index >= 15 is 0 Å². The summed E-state index contributed by atoms with van der Waals surface area (Å²) in [6, 6.07) is 51.9. The van der Waals surface area contributed by atoms with Gasteiger partial charge >= 0.3 is 23.1 Å². The Kier molecular flexibility index (Phi) is 39.9. The highest BCUT2D eigenvalue weighted by atomic mass is 33.5. The highest BCUT2D eigenvalue weighted by Crippen LogP contribution is 2.71. The van der Waals surface area contributed by atoms with E-state index in [1.807, 2.05) is 159 Å². The fraction of sp³-hybridized carbons (Fsp3) is 0.405. The number of benzene rings is 6. The molecule has 6 amide bonds. The minimum atomic E-state index is -4.21. The van der Waals surface area contributed by atoms with Crippen LogP contribution in [0.2, 0.25) is 0 Å². The van der Waals surface area contributed by atoms with Crippen molar-refractivity contribution in [3.05, 3.63) is 180 Å². The average molecular weight is 2450 g/mol. The first-order chi connectivity index (χ1) is 63.8. The third-order valence-electron chi connectivity index (χ3n) is 23.8. The van der Waals surface area contributed by atoms with Crippen LogP contribution >= 0.6 is 59.3 Å². The Morgan fingerprint density at radius 3 is 1.06 bits per heavy atom. The molecule has 24 nitrogen and oxygen atoms in total. The van der Waals surface area contributed by atoms with E-state index < -0.39 is 92.9 Å². The number of carbonyl (C=O) groups is 7. The molecule has 6 aromatic carbocycles. The van der Waals surface area contributed by atoms with E-state index in [4.69, 9.17) is 51.4 Å². The van der Waals surface area contributed by atoms with E-state index in [0.717, 1.165) is 91.6 Å². The average Bonchev–Trinajstić information content (AvgIpc) is 1.53. The summed E-state index contributed by atoms with van der Waals surface area (Å²) in [6.07, 6.45) is 3.53. The highest BCUT2D eigenvalue weighted by Gasteiger charge is 2.80. The molecule has 718 valence electrons. The lowest BCUT2D eigenvalue weighted by Gasteiger charge is -2.51. The third kappa shape index (κ3) is 21.2. The van der Waals surface area contributed by atoms with E-state index in [-0.39, 0.29) is 57.1 Å². The SMILES string of the molecule is CCCC12CC3(O)C(=O)N(C)C(C)(O)C(=O)N3C1N(S(=O)(=O)c1ccccc1)c1ccccc12.CCCC12CC34SC(=O)SC(C)(C(=O)N3C1N(c1ccccc1)c1ccccc12)N(C)C4=O.CCCC12CC34SC(=S)SC(C)(C(=O)N3C1N(c1ccccc1)c1ccccc12)N(C)C4=O.O=S=O.O=S=O.S=S=S=S=S=S=S=S=S=S=S=S=S=S=S=S=S=S=S=S=S=S=S=S=S=S=S. The summed E-state index contributed by atoms with van der Waals surface area (Å²) in [4.78, 5) is 105. The molecule has 59 heteroatoms. The number of fused-ring (bicyclic) bond motifs is 17. The minimum Gasteiger partial charge on any atom is -0.363 e. The van der Waals surface area contributed by atoms with Gasteiger partial charge in [-0.15, -0.1) is 0 Å². The van der Waals surface area contributed by atoms with Gasteiger partial charge in [-0.05, 0) is 135 Å². The maximum Gasteiger partial charge on any atom is 0.335 e. The monoisotopic (exact) mass is 2450 g/mol. The van der Waals surface area contributed by atoms with Crippen LogP contribution < -0.4 is 14.1 Å². The molecule has 19 rings (SSSR count). The first-order valence-corrected chi connectivity index (χ1v) is 79.9. The van der Waals surface area contributed by atoms with Gasteiger partial charge in [0.15, 0.2) is 19.5 Å². The van der Waals surface area contributed by atoms with Crippen LogP contribution in [-0.4, -0.2) is 179 Å². The van der Waals surface area contributed by atoms with Crippen LogP contribution in [0.3, 0.4) is 0 Å². The number of hydrogen-bond acceptors (Lipinski definition) is 24. The first-order valence-electron chi connectivity index (χ1n) is 38.8. The predicted octanol–water partition coefficient (Wildman–Crippen LogP) is 9.96. The molecule has 10 fully saturated rings. The van der Waals surface area contributed by atoms with Gasteiger partial charge in [-0.2, -0.15) is 16.8 Å². The molecule has 13 aliphatic rings. The number of hydrogen-bond donors (Lipinski definition) is 2. The van der Waals surface area contributed by atoms with Gasteiger partial charge in [-0.3, -0.25) is 48.3 Å². The number of thioether (sulfide) groups is 4. The summed E-state index contributed by atoms with van der Waals surface area (Å²) in [5.74, 6) is -2.14. The normalized spacial score (nSPS) is 27.2. The molecular formula is C74H77N9O15S35. The highest BCUT2D eigenvalue weighted by molar-refractivity contribution is 8.79. The van der Waals surface area contributed by atoms with Crippen molar-refractivity contribution >= 4 is 409 Å². The second-order valence-electron chi connectivity index (χ2n) is 30.2. The zero-order chi connectivity index (χ0) is 96.1. The summed E-state index contributed by atoms with van der Waals surface area (Å²) in [7, 11) is 44.1. The van der Waals surface area contributed by atoms with E-state index in [1.54, 1.807) is 198 Å². The second kappa shape index (κ2) is 48.2. The summed E-state index contributed by atoms with van der Waals surface area (Å²) in [6.45, 7) is 11.0. The molecule has 2 N–H and O–H groups in total. The largest absolute Gasteiger partial charge is 0.363 e. The second-order valence-corrected chi connectivity index (χ2v) is 83.3. The number of para-hydroxylation sites is 5. The number of aliphatic hydroxyl groups is 2. The summed E-state index contributed by atoms with van der Waals surface area (Å²) < 4.78 is 62.9. The van der Waals surface area contributed by atoms with Crippen molar-refractivity contribution in [2.75, 3.05) is 35.2 Å². The predicted molar refractivity (Wildman–Crippen MR) is 609 cm³/mol. The molecule has 2 spiro atoms. The van der Waals surface area contributed by atoms with Gasteiger partial charge < -0.3 is 34.7 Å². The molecular weight excluding hydrogens is 2380 g/mol. The molecule has 0 saturated carbocycles. The third-order valence-corrected chi connectivity index (χ3v) is 84.4. The number of thiocarbonyl (C=S) groups is 1. The van der Waals surface area contributed by atoms with Crippen molar-refractivity contribution in [1.29, 1.82) is 0 Å². The van der Waals surface area contributed by atoms with E-state index in [9.17, 15) is 52.2 Å². The van der Waals surface area contributed by atoms with Gasteiger partial charge in [-0.25, -0.2) is 12.7 Å². The molecule has 4 bridgehead atoms. The molecule has 0 radical (unpaired) electrons. The van der Waals surface area contributed by atoms with Crippen LogP contribution in [0.4, 0.5) is 33.2 Å². The molecule has 0 aliphatic carbocycles. The molecule has 13 heterocycles. The van der Waals surface area contributed by atoms with Gasteiger partial charge in [0.2, 0.25) is 11.4 Å². The van der Waals surface area contributed by atoms with Gasteiger partial charge in [0, 0.05) is 324 Å². The first kappa shape index (κ1) is 110. The Hall–Kier alpha value is -1.85. The van der Waals surface area contributed by atoms with Gasteiger partial charge in [-0.1, -0.05) is 185 Å². The zero-order valence-electron chi connectivity index (χ0n) is 70.2. The maximum atomic E-state index is 14.3. The lowest BCUT2D eigenvalue weighted by Crippen LogP contribution is -2.75. The lowest BCUT2D eigenvalue weighted by atomic mass is 9.74. The van der Waals surface area contributed by atoms with Gasteiger partial charge in [0.05, 0.1) is 10.6 Å². The fourth-order valence-corrected chi connectivity index (χ4v) is 90.5.